The third-order valence-corrected chi connectivity index (χ3v) is 5.22. The topological polar surface area (TPSA) is 83.6 Å². The van der Waals surface area contributed by atoms with E-state index in [9.17, 15) is 9.59 Å². The van der Waals surface area contributed by atoms with E-state index in [4.69, 9.17) is 10.8 Å². The van der Waals surface area contributed by atoms with Crippen LogP contribution in [0.15, 0.2) is 0 Å². The van der Waals surface area contributed by atoms with Crippen LogP contribution in [0.4, 0.5) is 5.00 Å². The van der Waals surface area contributed by atoms with Crippen molar-refractivity contribution < 1.29 is 14.7 Å². The van der Waals surface area contributed by atoms with Crippen molar-refractivity contribution in [1.29, 1.82) is 0 Å². The number of nitrogens with zero attached hydrogens (tertiary/aromatic N) is 1. The lowest BCUT2D eigenvalue weighted by molar-refractivity contribution is -0.136. The maximum Gasteiger partial charge on any atom is 0.305 e. The van der Waals surface area contributed by atoms with Crippen molar-refractivity contribution in [2.24, 2.45) is 11.7 Å². The summed E-state index contributed by atoms with van der Waals surface area (Å²) in [6.07, 6.45) is 4.19. The predicted molar refractivity (Wildman–Crippen MR) is 88.8 cm³/mol. The number of nitrogens with two attached hydrogens (primary N) is 1. The maximum atomic E-state index is 12.0. The van der Waals surface area contributed by atoms with Crippen LogP contribution in [0.5, 0.6) is 0 Å². The Morgan fingerprint density at radius 1 is 1.32 bits per heavy atom. The van der Waals surface area contributed by atoms with Gasteiger partial charge >= 0.3 is 5.97 Å². The molecule has 0 bridgehead atoms. The maximum absolute atomic E-state index is 12.0. The second kappa shape index (κ2) is 7.13. The molecule has 3 N–H and O–H groups in total. The summed E-state index contributed by atoms with van der Waals surface area (Å²) in [6.45, 7) is 5.32. The lowest BCUT2D eigenvalue weighted by Crippen LogP contribution is -2.31. The number of carboxylic acids is 1. The van der Waals surface area contributed by atoms with E-state index in [0.29, 0.717) is 18.0 Å². The Morgan fingerprint density at radius 2 is 2.00 bits per heavy atom. The summed E-state index contributed by atoms with van der Waals surface area (Å²) >= 11 is 1.62. The molecular formula is C16H24N2O3S. The lowest BCUT2D eigenvalue weighted by Gasteiger charge is -2.25. The van der Waals surface area contributed by atoms with Crippen LogP contribution in [0.3, 0.4) is 0 Å². The van der Waals surface area contributed by atoms with Crippen LogP contribution in [-0.4, -0.2) is 30.1 Å². The van der Waals surface area contributed by atoms with Gasteiger partial charge in [0.05, 0.1) is 12.0 Å². The predicted octanol–water partition coefficient (Wildman–Crippen LogP) is 2.66. The second-order valence-corrected chi connectivity index (χ2v) is 7.32. The van der Waals surface area contributed by atoms with Gasteiger partial charge in [0.25, 0.3) is 5.91 Å². The number of hydrogen-bond acceptors (Lipinski definition) is 4. The number of carbonyl (C=O) groups excluding carboxylic acids is 1. The zero-order valence-corrected chi connectivity index (χ0v) is 14.0. The molecular weight excluding hydrogens is 300 g/mol. The van der Waals surface area contributed by atoms with Crippen LogP contribution < -0.4 is 10.6 Å². The average molecular weight is 324 g/mol. The number of aryl methyl sites for hydroxylation is 1. The van der Waals surface area contributed by atoms with Gasteiger partial charge in [-0.25, -0.2) is 0 Å². The van der Waals surface area contributed by atoms with Crippen LogP contribution in [0, 0.1) is 5.92 Å². The van der Waals surface area contributed by atoms with Gasteiger partial charge in [-0.05, 0) is 37.2 Å². The largest absolute Gasteiger partial charge is 0.481 e. The van der Waals surface area contributed by atoms with Gasteiger partial charge in [0, 0.05) is 18.0 Å². The molecule has 1 heterocycles. The molecule has 122 valence electrons. The standard InChI is InChI=1S/C16H24N2O3S/c1-10(2)9-18(8-7-13(19)20)16-14(15(17)21)11-5-3-4-6-12(11)22-16/h10H,3-9H2,1-2H3,(H2,17,21)(H,19,20). The molecule has 1 aliphatic carbocycles. The fourth-order valence-electron chi connectivity index (χ4n) is 2.98. The minimum Gasteiger partial charge on any atom is -0.481 e. The van der Waals surface area contributed by atoms with E-state index in [2.05, 4.69) is 13.8 Å². The first-order valence-electron chi connectivity index (χ1n) is 7.81. The quantitative estimate of drug-likeness (QED) is 0.807. The van der Waals surface area contributed by atoms with E-state index in [0.717, 1.165) is 42.8 Å². The Hall–Kier alpha value is -1.56. The highest BCUT2D eigenvalue weighted by Gasteiger charge is 2.27. The molecule has 2 rings (SSSR count). The van der Waals surface area contributed by atoms with Crippen molar-refractivity contribution >= 4 is 28.2 Å². The van der Waals surface area contributed by atoms with Crippen LogP contribution in [0.1, 0.15) is 53.9 Å². The number of thiophene rings is 1. The summed E-state index contributed by atoms with van der Waals surface area (Å²) in [5.74, 6) is -0.831. The third-order valence-electron chi connectivity index (χ3n) is 3.87. The molecule has 0 saturated carbocycles. The Balaban J connectivity index is 2.38. The number of aliphatic carboxylic acids is 1. The van der Waals surface area contributed by atoms with Crippen LogP contribution in [-0.2, 0) is 17.6 Å². The van der Waals surface area contributed by atoms with Gasteiger partial charge in [0.15, 0.2) is 0 Å². The van der Waals surface area contributed by atoms with E-state index in [-0.39, 0.29) is 6.42 Å². The Morgan fingerprint density at radius 3 is 2.59 bits per heavy atom. The lowest BCUT2D eigenvalue weighted by atomic mass is 9.95. The Bertz CT molecular complexity index is 566. The SMILES string of the molecule is CC(C)CN(CCC(=O)O)c1sc2c(c1C(N)=O)CCCC2. The number of carboxylic acid groups (broad SMARTS) is 1. The first kappa shape index (κ1) is 16.8. The highest BCUT2D eigenvalue weighted by atomic mass is 32.1. The summed E-state index contributed by atoms with van der Waals surface area (Å²) in [5, 5.41) is 9.84. The van der Waals surface area contributed by atoms with Crippen LogP contribution >= 0.6 is 11.3 Å². The fraction of sp³-hybridized carbons (Fsp3) is 0.625. The molecule has 0 saturated heterocycles. The summed E-state index contributed by atoms with van der Waals surface area (Å²) in [4.78, 5) is 26.2. The van der Waals surface area contributed by atoms with Gasteiger partial charge in [0.2, 0.25) is 0 Å². The van der Waals surface area contributed by atoms with Crippen molar-refractivity contribution in [2.75, 3.05) is 18.0 Å². The Kier molecular flexibility index (Phi) is 5.45. The van der Waals surface area contributed by atoms with E-state index in [1.165, 1.54) is 4.88 Å². The van der Waals surface area contributed by atoms with Gasteiger partial charge in [-0.1, -0.05) is 13.8 Å². The van der Waals surface area contributed by atoms with E-state index in [1.807, 2.05) is 4.90 Å². The molecule has 1 aromatic heterocycles. The van der Waals surface area contributed by atoms with Crippen molar-refractivity contribution in [2.45, 2.75) is 46.0 Å². The van der Waals surface area contributed by atoms with Crippen LogP contribution in [0.2, 0.25) is 0 Å². The molecule has 0 aliphatic heterocycles. The molecule has 0 atom stereocenters. The van der Waals surface area contributed by atoms with Gasteiger partial charge in [-0.2, -0.15) is 0 Å². The summed E-state index contributed by atoms with van der Waals surface area (Å²) in [7, 11) is 0. The molecule has 0 spiro atoms. The first-order chi connectivity index (χ1) is 10.4. The number of anilines is 1. The Labute approximate surface area is 135 Å². The number of hydrogen-bond donors (Lipinski definition) is 2. The number of primary amides is 1. The van der Waals surface area contributed by atoms with Crippen LogP contribution in [0.25, 0.3) is 0 Å². The molecule has 1 aromatic rings. The smallest absolute Gasteiger partial charge is 0.305 e. The second-order valence-electron chi connectivity index (χ2n) is 6.24. The highest BCUT2D eigenvalue weighted by molar-refractivity contribution is 7.16. The normalized spacial score (nSPS) is 14.0. The highest BCUT2D eigenvalue weighted by Crippen LogP contribution is 2.40. The van der Waals surface area contributed by atoms with Crippen molar-refractivity contribution in [3.8, 4) is 0 Å². The number of carbonyl (C=O) groups is 2. The summed E-state index contributed by atoms with van der Waals surface area (Å²) < 4.78 is 0. The van der Waals surface area contributed by atoms with Crippen molar-refractivity contribution in [3.05, 3.63) is 16.0 Å². The molecule has 0 aromatic carbocycles. The summed E-state index contributed by atoms with van der Waals surface area (Å²) in [6, 6.07) is 0. The zero-order valence-electron chi connectivity index (χ0n) is 13.2. The van der Waals surface area contributed by atoms with Gasteiger partial charge in [-0.15, -0.1) is 11.3 Å². The molecule has 1 amide bonds. The van der Waals surface area contributed by atoms with Gasteiger partial charge in [0.1, 0.15) is 5.00 Å². The monoisotopic (exact) mass is 324 g/mol. The minimum atomic E-state index is -0.823. The van der Waals surface area contributed by atoms with Crippen molar-refractivity contribution in [3.63, 3.8) is 0 Å². The molecule has 22 heavy (non-hydrogen) atoms. The van der Waals surface area contributed by atoms with E-state index < -0.39 is 11.9 Å². The number of rotatable bonds is 7. The number of fused-ring (bicyclic) bond motifs is 1. The fourth-order valence-corrected chi connectivity index (χ4v) is 4.40. The first-order valence-corrected chi connectivity index (χ1v) is 8.62. The molecule has 0 radical (unpaired) electrons. The molecule has 5 nitrogen and oxygen atoms in total. The third kappa shape index (κ3) is 3.80. The van der Waals surface area contributed by atoms with Gasteiger partial charge < -0.3 is 15.7 Å². The van der Waals surface area contributed by atoms with Crippen molar-refractivity contribution in [1.82, 2.24) is 0 Å². The zero-order chi connectivity index (χ0) is 16.3. The molecule has 6 heteroatoms. The van der Waals surface area contributed by atoms with E-state index >= 15 is 0 Å². The minimum absolute atomic E-state index is 0.0630. The summed E-state index contributed by atoms with van der Waals surface area (Å²) in [5.41, 5.74) is 7.36. The van der Waals surface area contributed by atoms with Gasteiger partial charge in [-0.3, -0.25) is 9.59 Å². The average Bonchev–Trinajstić information content (AvgIpc) is 2.82. The number of amides is 1. The molecule has 1 aliphatic rings. The molecule has 0 unspecified atom stereocenters. The molecule has 0 fully saturated rings. The van der Waals surface area contributed by atoms with E-state index in [1.54, 1.807) is 11.3 Å².